The quantitative estimate of drug-likeness (QED) is 0.766. The highest BCUT2D eigenvalue weighted by Crippen LogP contribution is 2.21. The molecule has 9 heteroatoms. The monoisotopic (exact) mass is 336 g/mol. The number of hydrogen-bond donors (Lipinski definition) is 3. The lowest BCUT2D eigenvalue weighted by Gasteiger charge is -2.09. The fourth-order valence-electron chi connectivity index (χ4n) is 1.90. The number of carbonyl (C=O) groups excluding carboxylic acids is 1. The molecule has 1 amide bonds. The molecule has 1 aliphatic rings. The van der Waals surface area contributed by atoms with E-state index in [1.807, 2.05) is 0 Å². The maximum Gasteiger partial charge on any atom is 0.263 e. The van der Waals surface area contributed by atoms with E-state index in [1.54, 1.807) is 17.5 Å². The maximum atomic E-state index is 12.3. The van der Waals surface area contributed by atoms with Gasteiger partial charge >= 0.3 is 0 Å². The summed E-state index contributed by atoms with van der Waals surface area (Å²) >= 11 is 1.20. The van der Waals surface area contributed by atoms with E-state index in [2.05, 4.69) is 20.3 Å². The molecule has 0 saturated carbocycles. The molecule has 0 aliphatic carbocycles. The second-order valence-electron chi connectivity index (χ2n) is 4.48. The molecule has 22 heavy (non-hydrogen) atoms. The minimum atomic E-state index is -3.69. The van der Waals surface area contributed by atoms with Crippen LogP contribution in [0.5, 0.6) is 0 Å². The van der Waals surface area contributed by atoms with Crippen LogP contribution in [0.2, 0.25) is 0 Å². The van der Waals surface area contributed by atoms with Crippen molar-refractivity contribution in [3.05, 3.63) is 47.6 Å². The molecule has 7 nitrogen and oxygen atoms in total. The van der Waals surface area contributed by atoms with Gasteiger partial charge in [0.05, 0.1) is 11.4 Å². The standard InChI is InChI=1S/C13H12N4O3S2/c18-12-7-10(8-15-12)16-9-2-1-3-11(6-9)22(19,20)17-13-14-4-5-21-13/h1-7,16H,8H2,(H,14,17)(H,15,18). The molecule has 0 fully saturated rings. The van der Waals surface area contributed by atoms with Crippen LogP contribution in [0.15, 0.2) is 52.5 Å². The molecule has 3 rings (SSSR count). The zero-order valence-corrected chi connectivity index (χ0v) is 12.9. The van der Waals surface area contributed by atoms with Gasteiger partial charge in [-0.25, -0.2) is 13.4 Å². The first kappa shape index (κ1) is 14.5. The van der Waals surface area contributed by atoms with Crippen molar-refractivity contribution in [2.45, 2.75) is 4.90 Å². The lowest BCUT2D eigenvalue weighted by Crippen LogP contribution is -2.16. The summed E-state index contributed by atoms with van der Waals surface area (Å²) in [6.45, 7) is 0.396. The highest BCUT2D eigenvalue weighted by Gasteiger charge is 2.17. The van der Waals surface area contributed by atoms with E-state index >= 15 is 0 Å². The number of nitrogens with zero attached hydrogens (tertiary/aromatic N) is 1. The van der Waals surface area contributed by atoms with Crippen LogP contribution in [0.3, 0.4) is 0 Å². The SMILES string of the molecule is O=C1C=C(Nc2cccc(S(=O)(=O)Nc3nccs3)c2)CN1. The summed E-state index contributed by atoms with van der Waals surface area (Å²) in [4.78, 5) is 15.1. The van der Waals surface area contributed by atoms with Crippen molar-refractivity contribution in [2.24, 2.45) is 0 Å². The zero-order valence-electron chi connectivity index (χ0n) is 11.2. The number of nitrogens with one attached hydrogen (secondary N) is 3. The van der Waals surface area contributed by atoms with Gasteiger partial charge in [0.15, 0.2) is 5.13 Å². The Morgan fingerprint density at radius 2 is 2.18 bits per heavy atom. The van der Waals surface area contributed by atoms with E-state index in [-0.39, 0.29) is 10.8 Å². The van der Waals surface area contributed by atoms with E-state index in [0.717, 1.165) is 0 Å². The van der Waals surface area contributed by atoms with Crippen LogP contribution in [0.4, 0.5) is 10.8 Å². The van der Waals surface area contributed by atoms with Gasteiger partial charge in [0.1, 0.15) is 0 Å². The molecule has 2 aromatic rings. The Bertz CT molecular complexity index is 829. The van der Waals surface area contributed by atoms with Crippen LogP contribution >= 0.6 is 11.3 Å². The maximum absolute atomic E-state index is 12.3. The van der Waals surface area contributed by atoms with E-state index < -0.39 is 10.0 Å². The van der Waals surface area contributed by atoms with Crippen molar-refractivity contribution in [3.63, 3.8) is 0 Å². The summed E-state index contributed by atoms with van der Waals surface area (Å²) in [5.74, 6) is -0.170. The van der Waals surface area contributed by atoms with Crippen molar-refractivity contribution in [1.29, 1.82) is 0 Å². The van der Waals surface area contributed by atoms with Gasteiger partial charge in [-0.3, -0.25) is 9.52 Å². The van der Waals surface area contributed by atoms with Crippen LogP contribution in [0.1, 0.15) is 0 Å². The average molecular weight is 336 g/mol. The Labute approximate surface area is 131 Å². The molecular formula is C13H12N4O3S2. The van der Waals surface area contributed by atoms with Crippen molar-refractivity contribution < 1.29 is 13.2 Å². The molecule has 1 aromatic heterocycles. The first-order valence-electron chi connectivity index (χ1n) is 6.31. The lowest BCUT2D eigenvalue weighted by molar-refractivity contribution is -0.115. The second kappa shape index (κ2) is 5.78. The molecule has 2 heterocycles. The summed E-state index contributed by atoms with van der Waals surface area (Å²) in [5.41, 5.74) is 1.28. The minimum absolute atomic E-state index is 0.116. The van der Waals surface area contributed by atoms with Crippen LogP contribution in [0, 0.1) is 0 Å². The molecule has 1 aliphatic heterocycles. The van der Waals surface area contributed by atoms with E-state index in [1.165, 1.54) is 35.7 Å². The first-order valence-corrected chi connectivity index (χ1v) is 8.67. The number of anilines is 2. The number of hydrogen-bond acceptors (Lipinski definition) is 6. The predicted octanol–water partition coefficient (Wildman–Crippen LogP) is 1.37. The van der Waals surface area contributed by atoms with Gasteiger partial charge in [-0.1, -0.05) is 6.07 Å². The average Bonchev–Trinajstić information content (AvgIpc) is 3.11. The van der Waals surface area contributed by atoms with Crippen molar-refractivity contribution in [2.75, 3.05) is 16.6 Å². The third-order valence-corrected chi connectivity index (χ3v) is 5.02. The second-order valence-corrected chi connectivity index (χ2v) is 7.06. The normalized spacial score (nSPS) is 14.4. The molecule has 0 bridgehead atoms. The Kier molecular flexibility index (Phi) is 3.82. The van der Waals surface area contributed by atoms with Gasteiger partial charge < -0.3 is 10.6 Å². The molecule has 0 atom stereocenters. The molecule has 114 valence electrons. The highest BCUT2D eigenvalue weighted by atomic mass is 32.2. The Morgan fingerprint density at radius 1 is 1.32 bits per heavy atom. The van der Waals surface area contributed by atoms with Gasteiger partial charge in [0.25, 0.3) is 10.0 Å². The largest absolute Gasteiger partial charge is 0.357 e. The smallest absolute Gasteiger partial charge is 0.263 e. The third kappa shape index (κ3) is 3.26. The summed E-state index contributed by atoms with van der Waals surface area (Å²) in [6, 6.07) is 6.35. The van der Waals surface area contributed by atoms with Crippen molar-refractivity contribution >= 4 is 38.1 Å². The number of rotatable bonds is 5. The molecule has 0 spiro atoms. The van der Waals surface area contributed by atoms with Gasteiger partial charge in [0.2, 0.25) is 5.91 Å². The molecular weight excluding hydrogens is 324 g/mol. The Balaban J connectivity index is 1.81. The third-order valence-electron chi connectivity index (χ3n) is 2.86. The van der Waals surface area contributed by atoms with E-state index in [4.69, 9.17) is 0 Å². The summed E-state index contributed by atoms with van der Waals surface area (Å²) in [7, 11) is -3.69. The van der Waals surface area contributed by atoms with Crippen molar-refractivity contribution in [3.8, 4) is 0 Å². The van der Waals surface area contributed by atoms with Gasteiger partial charge in [0, 0.05) is 29.0 Å². The fraction of sp³-hybridized carbons (Fsp3) is 0.0769. The number of thiazole rings is 1. The van der Waals surface area contributed by atoms with Crippen LogP contribution in [0.25, 0.3) is 0 Å². The predicted molar refractivity (Wildman–Crippen MR) is 84.1 cm³/mol. The molecule has 3 N–H and O–H groups in total. The number of aromatic nitrogens is 1. The lowest BCUT2D eigenvalue weighted by atomic mass is 10.3. The van der Waals surface area contributed by atoms with Gasteiger partial charge in [-0.15, -0.1) is 11.3 Å². The van der Waals surface area contributed by atoms with E-state index in [9.17, 15) is 13.2 Å². The number of carbonyl (C=O) groups is 1. The topological polar surface area (TPSA) is 100 Å². The minimum Gasteiger partial charge on any atom is -0.357 e. The number of sulfonamides is 1. The molecule has 0 radical (unpaired) electrons. The number of amides is 1. The van der Waals surface area contributed by atoms with Gasteiger partial charge in [-0.05, 0) is 18.2 Å². The van der Waals surface area contributed by atoms with Crippen LogP contribution < -0.4 is 15.4 Å². The van der Waals surface area contributed by atoms with Crippen molar-refractivity contribution in [1.82, 2.24) is 10.3 Å². The van der Waals surface area contributed by atoms with Gasteiger partial charge in [-0.2, -0.15) is 0 Å². The molecule has 0 saturated heterocycles. The highest BCUT2D eigenvalue weighted by molar-refractivity contribution is 7.93. The van der Waals surface area contributed by atoms with Crippen LogP contribution in [-0.2, 0) is 14.8 Å². The fourth-order valence-corrected chi connectivity index (χ4v) is 3.73. The first-order chi connectivity index (χ1) is 10.5. The summed E-state index contributed by atoms with van der Waals surface area (Å²) < 4.78 is 27.0. The molecule has 0 unspecified atom stereocenters. The van der Waals surface area contributed by atoms with Crippen LogP contribution in [-0.4, -0.2) is 25.9 Å². The summed E-state index contributed by atoms with van der Waals surface area (Å²) in [5, 5.41) is 7.65. The Morgan fingerprint density at radius 3 is 2.86 bits per heavy atom. The Hall–Kier alpha value is -2.39. The number of benzene rings is 1. The van der Waals surface area contributed by atoms with E-state index in [0.29, 0.717) is 23.1 Å². The summed E-state index contributed by atoms with van der Waals surface area (Å²) in [6.07, 6.45) is 2.96. The molecule has 1 aromatic carbocycles. The zero-order chi connectivity index (χ0) is 15.6.